The van der Waals surface area contributed by atoms with Crippen LogP contribution in [0.5, 0.6) is 0 Å². The average Bonchev–Trinajstić information content (AvgIpc) is 3.18. The van der Waals surface area contributed by atoms with Crippen molar-refractivity contribution in [2.45, 2.75) is 32.0 Å². The van der Waals surface area contributed by atoms with E-state index in [4.69, 9.17) is 4.74 Å². The third kappa shape index (κ3) is 4.61. The summed E-state index contributed by atoms with van der Waals surface area (Å²) in [6, 6.07) is 9.09. The van der Waals surface area contributed by atoms with Gasteiger partial charge in [0.15, 0.2) is 17.1 Å². The fraction of sp³-hybridized carbons (Fsp3) is 0.409. The minimum absolute atomic E-state index is 0.0292. The number of carbonyl (C=O) groups excluding carboxylic acids is 1. The second-order valence-corrected chi connectivity index (χ2v) is 8.24. The van der Waals surface area contributed by atoms with E-state index in [9.17, 15) is 23.1 Å². The van der Waals surface area contributed by atoms with Crippen molar-refractivity contribution in [2.24, 2.45) is 0 Å². The van der Waals surface area contributed by atoms with Crippen molar-refractivity contribution in [3.63, 3.8) is 0 Å². The summed E-state index contributed by atoms with van der Waals surface area (Å²) in [6.45, 7) is 5.17. The zero-order chi connectivity index (χ0) is 23.1. The molecule has 0 amide bonds. The summed E-state index contributed by atoms with van der Waals surface area (Å²) in [6.07, 6.45) is -4.68. The summed E-state index contributed by atoms with van der Waals surface area (Å²) in [4.78, 5) is 19.0. The number of aliphatic hydroxyl groups is 1. The summed E-state index contributed by atoms with van der Waals surface area (Å²) in [5.74, 6) is 0.210. The molecule has 2 aromatic heterocycles. The number of rotatable bonds is 5. The van der Waals surface area contributed by atoms with E-state index in [1.165, 1.54) is 4.52 Å². The highest BCUT2D eigenvalue weighted by Gasteiger charge is 2.35. The van der Waals surface area contributed by atoms with Crippen LogP contribution in [0.4, 0.5) is 19.0 Å². The van der Waals surface area contributed by atoms with Crippen LogP contribution in [-0.4, -0.2) is 51.8 Å². The molecule has 1 fully saturated rings. The summed E-state index contributed by atoms with van der Waals surface area (Å²) in [7, 11) is 0. The molecule has 0 saturated carbocycles. The second-order valence-electron chi connectivity index (χ2n) is 8.24. The molecule has 32 heavy (non-hydrogen) atoms. The van der Waals surface area contributed by atoms with E-state index < -0.39 is 17.5 Å². The molecule has 3 heterocycles. The highest BCUT2D eigenvalue weighted by molar-refractivity contribution is 5.97. The van der Waals surface area contributed by atoms with Gasteiger partial charge in [-0.1, -0.05) is 24.3 Å². The number of fused-ring (bicyclic) bond motifs is 1. The van der Waals surface area contributed by atoms with Crippen LogP contribution in [0.15, 0.2) is 36.4 Å². The first-order valence-corrected chi connectivity index (χ1v) is 10.2. The van der Waals surface area contributed by atoms with Crippen molar-refractivity contribution < 1.29 is 27.8 Å². The lowest BCUT2D eigenvalue weighted by atomic mass is 9.96. The largest absolute Gasteiger partial charge is 0.435 e. The zero-order valence-electron chi connectivity index (χ0n) is 17.7. The van der Waals surface area contributed by atoms with E-state index in [1.54, 1.807) is 44.2 Å². The minimum atomic E-state index is -4.60. The summed E-state index contributed by atoms with van der Waals surface area (Å²) in [5.41, 5.74) is -0.588. The molecule has 1 aliphatic heterocycles. The monoisotopic (exact) mass is 448 g/mol. The maximum Gasteiger partial charge on any atom is 0.435 e. The highest BCUT2D eigenvalue weighted by Crippen LogP contribution is 2.30. The highest BCUT2D eigenvalue weighted by atomic mass is 19.4. The lowest BCUT2D eigenvalue weighted by molar-refractivity contribution is -0.141. The van der Waals surface area contributed by atoms with Crippen LogP contribution < -0.4 is 4.90 Å². The maximum atomic E-state index is 13.2. The Morgan fingerprint density at radius 3 is 2.38 bits per heavy atom. The fourth-order valence-electron chi connectivity index (χ4n) is 3.59. The van der Waals surface area contributed by atoms with Crippen LogP contribution in [0.25, 0.3) is 5.65 Å². The summed E-state index contributed by atoms with van der Waals surface area (Å²) in [5, 5.41) is 13.8. The first kappa shape index (κ1) is 22.2. The normalized spacial score (nSPS) is 15.4. The number of anilines is 1. The van der Waals surface area contributed by atoms with E-state index in [-0.39, 0.29) is 17.9 Å². The van der Waals surface area contributed by atoms with Crippen LogP contribution in [0.3, 0.4) is 0 Å². The van der Waals surface area contributed by atoms with Crippen molar-refractivity contribution in [3.8, 4) is 0 Å². The van der Waals surface area contributed by atoms with Gasteiger partial charge in [-0.05, 0) is 19.4 Å². The predicted molar refractivity (Wildman–Crippen MR) is 111 cm³/mol. The minimum Gasteiger partial charge on any atom is -0.386 e. The topological polar surface area (TPSA) is 80.0 Å². The van der Waals surface area contributed by atoms with Gasteiger partial charge in [0.25, 0.3) is 0 Å². The second kappa shape index (κ2) is 8.18. The lowest BCUT2D eigenvalue weighted by Crippen LogP contribution is -2.37. The molecular weight excluding hydrogens is 425 g/mol. The molecule has 1 aliphatic rings. The first-order chi connectivity index (χ1) is 15.0. The molecular formula is C22H23F3N4O3. The van der Waals surface area contributed by atoms with Gasteiger partial charge in [0, 0.05) is 30.8 Å². The summed E-state index contributed by atoms with van der Waals surface area (Å²) >= 11 is 0. The average molecular weight is 448 g/mol. The number of morpholine rings is 1. The first-order valence-electron chi connectivity index (χ1n) is 10.2. The molecule has 1 saturated heterocycles. The van der Waals surface area contributed by atoms with E-state index in [1.807, 2.05) is 4.90 Å². The number of carbonyl (C=O) groups is 1. The Morgan fingerprint density at radius 2 is 1.78 bits per heavy atom. The number of nitrogens with zero attached hydrogens (tertiary/aromatic N) is 4. The van der Waals surface area contributed by atoms with E-state index in [2.05, 4.69) is 10.1 Å². The summed E-state index contributed by atoms with van der Waals surface area (Å²) < 4.78 is 46.2. The van der Waals surface area contributed by atoms with Gasteiger partial charge in [-0.2, -0.15) is 22.8 Å². The lowest BCUT2D eigenvalue weighted by Gasteiger charge is -2.29. The third-order valence-corrected chi connectivity index (χ3v) is 5.34. The fourth-order valence-corrected chi connectivity index (χ4v) is 3.59. The maximum absolute atomic E-state index is 13.2. The molecule has 170 valence electrons. The van der Waals surface area contributed by atoms with Crippen LogP contribution in [0, 0.1) is 0 Å². The third-order valence-electron chi connectivity index (χ3n) is 5.34. The molecule has 0 radical (unpaired) electrons. The number of ketones is 1. The van der Waals surface area contributed by atoms with Gasteiger partial charge in [0.1, 0.15) is 5.82 Å². The smallest absolute Gasteiger partial charge is 0.386 e. The zero-order valence-corrected chi connectivity index (χ0v) is 17.7. The molecule has 4 rings (SSSR count). The molecule has 1 N–H and O–H groups in total. The molecule has 0 atom stereocenters. The van der Waals surface area contributed by atoms with Crippen molar-refractivity contribution in [3.05, 3.63) is 58.9 Å². The van der Waals surface area contributed by atoms with Crippen LogP contribution in [-0.2, 0) is 22.9 Å². The van der Waals surface area contributed by atoms with Gasteiger partial charge >= 0.3 is 6.18 Å². The molecule has 1 aromatic carbocycles. The van der Waals surface area contributed by atoms with Gasteiger partial charge in [-0.3, -0.25) is 4.79 Å². The van der Waals surface area contributed by atoms with Crippen LogP contribution in [0.2, 0.25) is 0 Å². The number of ether oxygens (including phenoxy) is 1. The molecule has 0 unspecified atom stereocenters. The molecule has 0 spiro atoms. The van der Waals surface area contributed by atoms with Crippen molar-refractivity contribution in [1.29, 1.82) is 0 Å². The van der Waals surface area contributed by atoms with Crippen LogP contribution in [0.1, 0.15) is 41.2 Å². The van der Waals surface area contributed by atoms with Gasteiger partial charge in [-0.15, -0.1) is 0 Å². The molecule has 10 heteroatoms. The van der Waals surface area contributed by atoms with Crippen molar-refractivity contribution >= 4 is 17.2 Å². The van der Waals surface area contributed by atoms with E-state index in [0.717, 1.165) is 6.07 Å². The molecule has 0 aliphatic carbocycles. The Labute approximate surface area is 182 Å². The Morgan fingerprint density at radius 1 is 1.12 bits per heavy atom. The number of alkyl halides is 3. The van der Waals surface area contributed by atoms with Gasteiger partial charge < -0.3 is 14.7 Å². The quantitative estimate of drug-likeness (QED) is 0.604. The standard InChI is InChI=1S/C22H23F3N4O3/c1-21(2,31)15-5-3-14(4-6-15)17(30)11-16-12-20(28-7-9-32-10-8-28)29-19(26-16)13-18(27-29)22(23,24)25/h3-6,12-13,31H,7-11H2,1-2H3. The van der Waals surface area contributed by atoms with E-state index >= 15 is 0 Å². The molecule has 3 aromatic rings. The number of Topliss-reactive ketones (excluding diaryl/α,β-unsaturated/α-hetero) is 1. The number of hydrogen-bond acceptors (Lipinski definition) is 6. The van der Waals surface area contributed by atoms with Gasteiger partial charge in [0.2, 0.25) is 0 Å². The molecule has 0 bridgehead atoms. The number of hydrogen-bond donors (Lipinski definition) is 1. The Kier molecular flexibility index (Phi) is 5.68. The number of benzene rings is 1. The predicted octanol–water partition coefficient (Wildman–Crippen LogP) is 3.24. The number of aromatic nitrogens is 3. The Bertz CT molecular complexity index is 1130. The molecule has 7 nitrogen and oxygen atoms in total. The Hall–Kier alpha value is -2.98. The van der Waals surface area contributed by atoms with E-state index in [0.29, 0.717) is 48.9 Å². The van der Waals surface area contributed by atoms with Gasteiger partial charge in [0.05, 0.1) is 30.9 Å². The van der Waals surface area contributed by atoms with Crippen LogP contribution >= 0.6 is 0 Å². The van der Waals surface area contributed by atoms with Gasteiger partial charge in [-0.25, -0.2) is 4.98 Å². The Balaban J connectivity index is 1.68. The number of halogens is 3. The van der Waals surface area contributed by atoms with Crippen molar-refractivity contribution in [1.82, 2.24) is 14.6 Å². The SMILES string of the molecule is CC(C)(O)c1ccc(C(=O)Cc2cc(N3CCOCC3)n3nc(C(F)(F)F)cc3n2)cc1. The van der Waals surface area contributed by atoms with Crippen molar-refractivity contribution in [2.75, 3.05) is 31.2 Å².